The van der Waals surface area contributed by atoms with E-state index in [1.165, 1.54) is 5.56 Å². The van der Waals surface area contributed by atoms with Crippen molar-refractivity contribution in [3.8, 4) is 0 Å². The number of carbonyl (C=O) groups excluding carboxylic acids is 1. The van der Waals surface area contributed by atoms with Gasteiger partial charge in [-0.2, -0.15) is 0 Å². The van der Waals surface area contributed by atoms with Gasteiger partial charge in [-0.1, -0.05) is 29.8 Å². The summed E-state index contributed by atoms with van der Waals surface area (Å²) in [4.78, 5) is 15.5. The SMILES string of the molecule is CCOC(=O)N1CCN(CC(O)COCc2ccc(C)cc2)CC1. The summed E-state index contributed by atoms with van der Waals surface area (Å²) in [7, 11) is 0. The summed E-state index contributed by atoms with van der Waals surface area (Å²) < 4.78 is 10.6. The Morgan fingerprint density at radius 1 is 1.21 bits per heavy atom. The second kappa shape index (κ2) is 9.61. The highest BCUT2D eigenvalue weighted by atomic mass is 16.6. The maximum absolute atomic E-state index is 11.6. The van der Waals surface area contributed by atoms with E-state index in [0.29, 0.717) is 39.5 Å². The van der Waals surface area contributed by atoms with Crippen LogP contribution in [0.2, 0.25) is 0 Å². The molecule has 2 rings (SSSR count). The van der Waals surface area contributed by atoms with Crippen LogP contribution in [0.25, 0.3) is 0 Å². The molecule has 1 fully saturated rings. The van der Waals surface area contributed by atoms with Crippen molar-refractivity contribution in [1.29, 1.82) is 0 Å². The number of aliphatic hydroxyl groups is 1. The van der Waals surface area contributed by atoms with Crippen LogP contribution >= 0.6 is 0 Å². The first-order chi connectivity index (χ1) is 11.6. The quantitative estimate of drug-likeness (QED) is 0.820. The molecule has 1 unspecified atom stereocenters. The molecule has 1 aromatic rings. The zero-order valence-electron chi connectivity index (χ0n) is 14.6. The summed E-state index contributed by atoms with van der Waals surface area (Å²) in [5, 5.41) is 10.1. The summed E-state index contributed by atoms with van der Waals surface area (Å²) >= 11 is 0. The Morgan fingerprint density at radius 2 is 1.88 bits per heavy atom. The van der Waals surface area contributed by atoms with E-state index in [4.69, 9.17) is 9.47 Å². The first-order valence-electron chi connectivity index (χ1n) is 8.54. The number of benzene rings is 1. The number of amides is 1. The molecule has 1 aromatic carbocycles. The van der Waals surface area contributed by atoms with Crippen molar-refractivity contribution in [2.45, 2.75) is 26.6 Å². The Bertz CT molecular complexity index is 498. The van der Waals surface area contributed by atoms with E-state index in [0.717, 1.165) is 18.7 Å². The topological polar surface area (TPSA) is 62.2 Å². The largest absolute Gasteiger partial charge is 0.450 e. The Labute approximate surface area is 144 Å². The number of β-amino-alcohol motifs (C(OH)–C–C–N with tert-alkyl or cyclic N) is 1. The highest BCUT2D eigenvalue weighted by Gasteiger charge is 2.23. The zero-order valence-corrected chi connectivity index (χ0v) is 14.6. The molecular formula is C18H28N2O4. The van der Waals surface area contributed by atoms with Gasteiger partial charge in [0.15, 0.2) is 0 Å². The molecule has 6 nitrogen and oxygen atoms in total. The normalized spacial score (nSPS) is 16.9. The first-order valence-corrected chi connectivity index (χ1v) is 8.54. The number of piperazine rings is 1. The number of aliphatic hydroxyl groups excluding tert-OH is 1. The van der Waals surface area contributed by atoms with Gasteiger partial charge in [-0.15, -0.1) is 0 Å². The first kappa shape index (κ1) is 18.7. The maximum Gasteiger partial charge on any atom is 0.409 e. The van der Waals surface area contributed by atoms with E-state index in [-0.39, 0.29) is 6.09 Å². The van der Waals surface area contributed by atoms with Gasteiger partial charge >= 0.3 is 6.09 Å². The van der Waals surface area contributed by atoms with Gasteiger partial charge in [0.1, 0.15) is 0 Å². The summed E-state index contributed by atoms with van der Waals surface area (Å²) in [6.07, 6.45) is -0.774. The molecule has 1 atom stereocenters. The zero-order chi connectivity index (χ0) is 17.4. The summed E-state index contributed by atoms with van der Waals surface area (Å²) in [6, 6.07) is 8.18. The summed E-state index contributed by atoms with van der Waals surface area (Å²) in [5.74, 6) is 0. The van der Waals surface area contributed by atoms with Crippen molar-refractivity contribution >= 4 is 6.09 Å². The Hall–Kier alpha value is -1.63. The molecular weight excluding hydrogens is 308 g/mol. The minimum Gasteiger partial charge on any atom is -0.450 e. The van der Waals surface area contributed by atoms with E-state index in [9.17, 15) is 9.90 Å². The Balaban J connectivity index is 1.62. The Morgan fingerprint density at radius 3 is 2.50 bits per heavy atom. The molecule has 1 heterocycles. The van der Waals surface area contributed by atoms with Gasteiger partial charge in [-0.3, -0.25) is 4.90 Å². The summed E-state index contributed by atoms with van der Waals surface area (Å²) in [6.45, 7) is 8.39. The van der Waals surface area contributed by atoms with Gasteiger partial charge in [-0.05, 0) is 19.4 Å². The van der Waals surface area contributed by atoms with Crippen LogP contribution in [0.1, 0.15) is 18.1 Å². The maximum atomic E-state index is 11.6. The van der Waals surface area contributed by atoms with Crippen LogP contribution in [0.3, 0.4) is 0 Å². The molecule has 0 saturated carbocycles. The van der Waals surface area contributed by atoms with E-state index in [2.05, 4.69) is 24.0 Å². The van der Waals surface area contributed by atoms with Crippen LogP contribution in [-0.4, -0.2) is 73.0 Å². The molecule has 1 aliphatic heterocycles. The molecule has 0 spiro atoms. The molecule has 1 amide bonds. The molecule has 24 heavy (non-hydrogen) atoms. The third kappa shape index (κ3) is 6.11. The van der Waals surface area contributed by atoms with Crippen molar-refractivity contribution in [3.63, 3.8) is 0 Å². The fourth-order valence-electron chi connectivity index (χ4n) is 2.68. The number of carbonyl (C=O) groups is 1. The average molecular weight is 336 g/mol. The lowest BCUT2D eigenvalue weighted by Gasteiger charge is -2.34. The molecule has 0 aliphatic carbocycles. The van der Waals surface area contributed by atoms with Gasteiger partial charge in [0.05, 0.1) is 25.9 Å². The van der Waals surface area contributed by atoms with Crippen LogP contribution in [0, 0.1) is 6.92 Å². The fourth-order valence-corrected chi connectivity index (χ4v) is 2.68. The number of rotatable bonds is 7. The molecule has 6 heteroatoms. The molecule has 0 radical (unpaired) electrons. The Kier molecular flexibility index (Phi) is 7.49. The molecule has 1 aliphatic rings. The van der Waals surface area contributed by atoms with Crippen LogP contribution in [-0.2, 0) is 16.1 Å². The monoisotopic (exact) mass is 336 g/mol. The fraction of sp³-hybridized carbons (Fsp3) is 0.611. The van der Waals surface area contributed by atoms with E-state index in [1.807, 2.05) is 12.1 Å². The van der Waals surface area contributed by atoms with Gasteiger partial charge in [0, 0.05) is 32.7 Å². The molecule has 0 bridgehead atoms. The van der Waals surface area contributed by atoms with Gasteiger partial charge in [0.2, 0.25) is 0 Å². The van der Waals surface area contributed by atoms with Gasteiger partial charge in [0.25, 0.3) is 0 Å². The van der Waals surface area contributed by atoms with Gasteiger partial charge in [-0.25, -0.2) is 4.79 Å². The third-order valence-corrected chi connectivity index (χ3v) is 4.07. The van der Waals surface area contributed by atoms with E-state index in [1.54, 1.807) is 11.8 Å². The number of ether oxygens (including phenoxy) is 2. The van der Waals surface area contributed by atoms with Crippen LogP contribution in [0.5, 0.6) is 0 Å². The predicted octanol–water partition coefficient (Wildman–Crippen LogP) is 1.65. The van der Waals surface area contributed by atoms with Crippen molar-refractivity contribution < 1.29 is 19.4 Å². The smallest absolute Gasteiger partial charge is 0.409 e. The second-order valence-corrected chi connectivity index (χ2v) is 6.14. The van der Waals surface area contributed by atoms with Crippen LogP contribution in [0.15, 0.2) is 24.3 Å². The highest BCUT2D eigenvalue weighted by Crippen LogP contribution is 2.07. The van der Waals surface area contributed by atoms with E-state index < -0.39 is 6.10 Å². The standard InChI is InChI=1S/C18H28N2O4/c1-3-24-18(22)20-10-8-19(9-11-20)12-17(21)14-23-13-16-6-4-15(2)5-7-16/h4-7,17,21H,3,8-14H2,1-2H3. The number of hydrogen-bond acceptors (Lipinski definition) is 5. The molecule has 0 aromatic heterocycles. The molecule has 134 valence electrons. The summed E-state index contributed by atoms with van der Waals surface area (Å²) in [5.41, 5.74) is 2.33. The van der Waals surface area contributed by atoms with E-state index >= 15 is 0 Å². The average Bonchev–Trinajstić information content (AvgIpc) is 2.57. The van der Waals surface area contributed by atoms with Gasteiger partial charge < -0.3 is 19.5 Å². The number of hydrogen-bond donors (Lipinski definition) is 1. The van der Waals surface area contributed by atoms with Crippen molar-refractivity contribution in [2.24, 2.45) is 0 Å². The predicted molar refractivity (Wildman–Crippen MR) is 91.9 cm³/mol. The van der Waals surface area contributed by atoms with Crippen LogP contribution in [0.4, 0.5) is 4.79 Å². The van der Waals surface area contributed by atoms with Crippen molar-refractivity contribution in [2.75, 3.05) is 45.9 Å². The lowest BCUT2D eigenvalue weighted by atomic mass is 10.2. The second-order valence-electron chi connectivity index (χ2n) is 6.14. The molecule has 1 N–H and O–H groups in total. The lowest BCUT2D eigenvalue weighted by Crippen LogP contribution is -2.50. The minimum absolute atomic E-state index is 0.251. The highest BCUT2D eigenvalue weighted by molar-refractivity contribution is 5.67. The molecule has 1 saturated heterocycles. The number of aryl methyl sites for hydroxylation is 1. The van der Waals surface area contributed by atoms with Crippen LogP contribution < -0.4 is 0 Å². The minimum atomic E-state index is -0.524. The lowest BCUT2D eigenvalue weighted by molar-refractivity contribution is 0.00119. The third-order valence-electron chi connectivity index (χ3n) is 4.07. The van der Waals surface area contributed by atoms with Crippen molar-refractivity contribution in [1.82, 2.24) is 9.80 Å². The van der Waals surface area contributed by atoms with Crippen molar-refractivity contribution in [3.05, 3.63) is 35.4 Å². The number of nitrogens with zero attached hydrogens (tertiary/aromatic N) is 2.